The number of aromatic nitrogens is 5. The Morgan fingerprint density at radius 2 is 1.69 bits per heavy atom. The minimum Gasteiger partial charge on any atom is -0.484 e. The number of fused-ring (bicyclic) bond motifs is 1. The van der Waals surface area contributed by atoms with Crippen molar-refractivity contribution in [3.05, 3.63) is 102 Å². The lowest BCUT2D eigenvalue weighted by atomic mass is 9.87. The molecule has 4 amide bonds. The molecule has 4 heterocycles. The Labute approximate surface area is 436 Å². The van der Waals surface area contributed by atoms with Crippen LogP contribution < -0.4 is 25.4 Å². The van der Waals surface area contributed by atoms with Crippen molar-refractivity contribution in [3.63, 3.8) is 0 Å². The van der Waals surface area contributed by atoms with Crippen molar-refractivity contribution < 1.29 is 46.1 Å². The van der Waals surface area contributed by atoms with Gasteiger partial charge in [-0.25, -0.2) is 13.6 Å². The van der Waals surface area contributed by atoms with Gasteiger partial charge in [-0.1, -0.05) is 44.0 Å². The fourth-order valence-electron chi connectivity index (χ4n) is 8.82. The third-order valence-electron chi connectivity index (χ3n) is 13.2. The number of anilines is 3. The summed E-state index contributed by atoms with van der Waals surface area (Å²) in [5.41, 5.74) is 12.6. The highest BCUT2D eigenvalue weighted by atomic mass is 32.2. The molecule has 8 rings (SSSR count). The van der Waals surface area contributed by atoms with Crippen molar-refractivity contribution in [3.8, 4) is 28.1 Å². The van der Waals surface area contributed by atoms with Crippen LogP contribution in [-0.2, 0) is 37.2 Å². The molecule has 1 saturated heterocycles. The number of pyridine rings is 1. The number of carbonyl (C=O) groups is 5. The second-order valence-corrected chi connectivity index (χ2v) is 19.8. The van der Waals surface area contributed by atoms with E-state index in [0.717, 1.165) is 72.3 Å². The number of nitrogens with one attached hydrogen (secondary N) is 2. The highest BCUT2D eigenvalue weighted by Crippen LogP contribution is 2.41. The van der Waals surface area contributed by atoms with Crippen LogP contribution in [0.3, 0.4) is 0 Å². The Morgan fingerprint density at radius 1 is 0.987 bits per heavy atom. The number of nitrogens with zero attached hydrogens (tertiary/aromatic N) is 8. The molecule has 3 unspecified atom stereocenters. The van der Waals surface area contributed by atoms with E-state index in [1.807, 2.05) is 61.4 Å². The third kappa shape index (κ3) is 13.8. The van der Waals surface area contributed by atoms with Crippen molar-refractivity contribution >= 4 is 70.0 Å². The number of aldehydes is 1. The summed E-state index contributed by atoms with van der Waals surface area (Å²) >= 11 is 0. The number of nitrogen functional groups attached to an aromatic ring is 1. The van der Waals surface area contributed by atoms with E-state index in [2.05, 4.69) is 26.8 Å². The molecule has 1 aliphatic heterocycles. The van der Waals surface area contributed by atoms with E-state index in [0.29, 0.717) is 58.1 Å². The number of imide groups is 2. The summed E-state index contributed by atoms with van der Waals surface area (Å²) in [6.45, 7) is 7.38. The van der Waals surface area contributed by atoms with Gasteiger partial charge in [-0.15, -0.1) is 0 Å². The Kier molecular flexibility index (Phi) is 19.8. The van der Waals surface area contributed by atoms with E-state index in [-0.39, 0.29) is 30.1 Å². The van der Waals surface area contributed by atoms with E-state index < -0.39 is 46.5 Å². The summed E-state index contributed by atoms with van der Waals surface area (Å²) in [5.74, 6) is -3.89. The molecule has 4 N–H and O–H groups in total. The minimum atomic E-state index is -3.11. The van der Waals surface area contributed by atoms with Gasteiger partial charge in [-0.05, 0) is 114 Å². The van der Waals surface area contributed by atoms with Gasteiger partial charge in [0.15, 0.2) is 11.0 Å². The van der Waals surface area contributed by atoms with Crippen LogP contribution in [0.2, 0.25) is 0 Å². The number of ether oxygens (including phenoxy) is 1. The number of benzene rings is 3. The molecule has 18 nitrogen and oxygen atoms in total. The molecule has 2 aliphatic rings. The minimum absolute atomic E-state index is 0.0969. The van der Waals surface area contributed by atoms with Crippen molar-refractivity contribution in [2.45, 2.75) is 89.7 Å². The van der Waals surface area contributed by atoms with Crippen LogP contribution in [0.5, 0.6) is 5.75 Å². The molecule has 3 aromatic heterocycles. The van der Waals surface area contributed by atoms with Crippen molar-refractivity contribution in [2.75, 3.05) is 49.6 Å². The van der Waals surface area contributed by atoms with Gasteiger partial charge < -0.3 is 25.1 Å². The monoisotopic (exact) mass is 1060 g/mol. The largest absolute Gasteiger partial charge is 0.484 e. The number of hydrogen-bond donors (Lipinski definition) is 3. The average molecular weight is 1060 g/mol. The Hall–Kier alpha value is -7.46. The molecule has 1 aliphatic carbocycles. The topological polar surface area (TPSA) is 220 Å². The van der Waals surface area contributed by atoms with Crippen LogP contribution in [0.1, 0.15) is 92.4 Å². The van der Waals surface area contributed by atoms with E-state index >= 15 is 0 Å². The van der Waals surface area contributed by atoms with Gasteiger partial charge in [0.05, 0.1) is 28.8 Å². The lowest BCUT2D eigenvalue weighted by Gasteiger charge is -2.28. The number of hydrogen-bond acceptors (Lipinski definition) is 13. The first-order valence-corrected chi connectivity index (χ1v) is 25.7. The summed E-state index contributed by atoms with van der Waals surface area (Å²) in [5, 5.41) is 12.1. The van der Waals surface area contributed by atoms with Gasteiger partial charge in [0.25, 0.3) is 5.91 Å². The molecule has 400 valence electrons. The lowest BCUT2D eigenvalue weighted by Crippen LogP contribution is -2.49. The number of piperidine rings is 1. The molecule has 3 aromatic carbocycles. The van der Waals surface area contributed by atoms with Crippen LogP contribution in [0.25, 0.3) is 33.3 Å². The van der Waals surface area contributed by atoms with Crippen LogP contribution in [0.4, 0.5) is 30.4 Å². The maximum atomic E-state index is 13.5. The highest BCUT2D eigenvalue weighted by Gasteiger charge is 2.31. The average Bonchev–Trinajstić information content (AvgIpc) is 4.01. The van der Waals surface area contributed by atoms with E-state index in [1.165, 1.54) is 24.6 Å². The van der Waals surface area contributed by atoms with Gasteiger partial charge in [0.2, 0.25) is 18.7 Å². The second-order valence-electron chi connectivity index (χ2n) is 18.6. The molecule has 75 heavy (non-hydrogen) atoms. The molecule has 3 atom stereocenters. The number of aryl methyl sites for hydroxylation is 1. The quantitative estimate of drug-likeness (QED) is 0.0696. The molecule has 1 saturated carbocycles. The first-order chi connectivity index (χ1) is 35.9. The normalized spacial score (nSPS) is 15.0. The zero-order valence-corrected chi connectivity index (χ0v) is 43.9. The predicted octanol–water partition coefficient (Wildman–Crippen LogP) is 8.01. The highest BCUT2D eigenvalue weighted by molar-refractivity contribution is 7.86. The fourth-order valence-corrected chi connectivity index (χ4v) is 9.30. The van der Waals surface area contributed by atoms with Crippen molar-refractivity contribution in [1.82, 2.24) is 39.7 Å². The molecule has 0 bridgehead atoms. The fraction of sp³-hybridized carbons (Fsp3) is 0.396. The number of nitrogens with two attached hydrogens (primary N) is 1. The zero-order chi connectivity index (χ0) is 54.5. The second kappa shape index (κ2) is 26.2. The number of alkyl halides is 2. The number of rotatable bonds is 18. The molecule has 22 heteroatoms. The Balaban J connectivity index is 0.000000254. The van der Waals surface area contributed by atoms with Crippen LogP contribution in [0.15, 0.2) is 79.3 Å². The standard InChI is InChI=1S/C31H33F3N8O2S.C17H23N3O4.C5H8O/c1-18(19-4-7-22(32)8-5-19)44-26-14-20(6-9-25(26)39-45(43)31(33)34)28-27-29(41(3)38-28)24(16-36-30(27)35)21-15-37-42(17-21)23-10-12-40(2)13-11-23;1-5-7-15(16(23)18-10-21)20(11-22)17(24)13-8-6-9-14(12(13)2)19(3)4;6-4-5-2-1-3-5/h4-9,14-18,23,31,39H,10-13H2,1-3H3,(H2,35,36);6,8-11,15H,5,7H2,1-4H3,(H,18,21,23);4-5H,1-3H2. The lowest BCUT2D eigenvalue weighted by molar-refractivity contribution is -0.133. The summed E-state index contributed by atoms with van der Waals surface area (Å²) in [7, 11) is 4.97. The zero-order valence-electron chi connectivity index (χ0n) is 43.0. The van der Waals surface area contributed by atoms with E-state index in [4.69, 9.17) is 15.6 Å². The van der Waals surface area contributed by atoms with Crippen LogP contribution >= 0.6 is 0 Å². The number of carbonyl (C=O) groups excluding carboxylic acids is 5. The van der Waals surface area contributed by atoms with Gasteiger partial charge >= 0.3 is 5.76 Å². The van der Waals surface area contributed by atoms with E-state index in [1.54, 1.807) is 61.1 Å². The van der Waals surface area contributed by atoms with Gasteiger partial charge in [-0.2, -0.15) is 19.0 Å². The first kappa shape index (κ1) is 56.8. The number of halogens is 3. The Morgan fingerprint density at radius 3 is 2.28 bits per heavy atom. The summed E-state index contributed by atoms with van der Waals surface area (Å²) in [6.07, 6.45) is 13.1. The van der Waals surface area contributed by atoms with Gasteiger partial charge in [0.1, 0.15) is 41.5 Å². The van der Waals surface area contributed by atoms with Crippen molar-refractivity contribution in [1.29, 1.82) is 0 Å². The summed E-state index contributed by atoms with van der Waals surface area (Å²) < 4.78 is 64.2. The van der Waals surface area contributed by atoms with Crippen molar-refractivity contribution in [2.24, 2.45) is 13.0 Å². The smallest absolute Gasteiger partial charge is 0.330 e. The maximum Gasteiger partial charge on any atom is 0.330 e. The van der Waals surface area contributed by atoms with Gasteiger partial charge in [0, 0.05) is 67.4 Å². The molecule has 2 fully saturated rings. The summed E-state index contributed by atoms with van der Waals surface area (Å²) in [6, 6.07) is 15.0. The van der Waals surface area contributed by atoms with E-state index in [9.17, 15) is 41.4 Å². The third-order valence-corrected chi connectivity index (χ3v) is 14.0. The summed E-state index contributed by atoms with van der Waals surface area (Å²) in [4.78, 5) is 66.2. The maximum absolute atomic E-state index is 13.5. The van der Waals surface area contributed by atoms with Gasteiger partial charge in [-0.3, -0.25) is 43.5 Å². The van der Waals surface area contributed by atoms with Crippen LogP contribution in [-0.4, -0.2) is 116 Å². The first-order valence-electron chi connectivity index (χ1n) is 24.5. The number of amides is 4. The molecular formula is C53H64F3N11O7S. The molecule has 0 radical (unpaired) electrons. The predicted molar refractivity (Wildman–Crippen MR) is 283 cm³/mol. The SMILES string of the molecule is CC(Oc1cc(-c2nn(C)c3c(-c4cnn(C5CCN(C)CC5)c4)cnc(N)c23)ccc1NS(=O)C(F)F)c1ccc(F)cc1.CCCC(C(=O)NC=O)N(C=O)C(=O)c1cccc(N(C)C)c1C.O=CC1CCC1. The van der Waals surface area contributed by atoms with Crippen LogP contribution in [0, 0.1) is 18.7 Å². The molecular weight excluding hydrogens is 992 g/mol. The molecule has 6 aromatic rings. The Bertz CT molecular complexity index is 2980. The molecule has 0 spiro atoms. The number of likely N-dealkylation sites (tertiary alicyclic amines) is 1.